The average molecular weight is 566 g/mol. The third-order valence-corrected chi connectivity index (χ3v) is 9.24. The zero-order valence-corrected chi connectivity index (χ0v) is 23.7. The van der Waals surface area contributed by atoms with Crippen LogP contribution in [-0.2, 0) is 32.1 Å². The second kappa shape index (κ2) is 10.0. The van der Waals surface area contributed by atoms with Crippen LogP contribution in [0, 0.1) is 23.7 Å². The van der Waals surface area contributed by atoms with Gasteiger partial charge in [-0.25, -0.2) is 0 Å². The number of aromatic hydroxyl groups is 1. The molecule has 1 heterocycles. The van der Waals surface area contributed by atoms with Crippen molar-refractivity contribution in [2.75, 3.05) is 21.1 Å². The Morgan fingerprint density at radius 1 is 1.12 bits per heavy atom. The molecule has 11 nitrogen and oxygen atoms in total. The molecule has 2 unspecified atom stereocenters. The van der Waals surface area contributed by atoms with Crippen molar-refractivity contribution >= 4 is 29.0 Å². The number of amides is 1. The summed E-state index contributed by atoms with van der Waals surface area (Å²) < 4.78 is 5.88. The predicted octanol–water partition coefficient (Wildman–Crippen LogP) is 0.967. The maximum atomic E-state index is 14.0. The molecule has 11 heteroatoms. The lowest BCUT2D eigenvalue weighted by Gasteiger charge is -2.52. The van der Waals surface area contributed by atoms with Crippen LogP contribution in [0.2, 0.25) is 0 Å². The van der Waals surface area contributed by atoms with Crippen LogP contribution in [0.1, 0.15) is 41.8 Å². The first-order chi connectivity index (χ1) is 19.2. The van der Waals surface area contributed by atoms with Crippen molar-refractivity contribution in [2.45, 2.75) is 50.9 Å². The van der Waals surface area contributed by atoms with Gasteiger partial charge in [0.05, 0.1) is 23.8 Å². The third-order valence-electron chi connectivity index (χ3n) is 9.24. The minimum Gasteiger partial charge on any atom is -0.507 e. The van der Waals surface area contributed by atoms with Gasteiger partial charge in [0.25, 0.3) is 0 Å². The number of hydrogen-bond donors (Lipinski definition) is 3. The molecular formula is C30H35N3O8. The quantitative estimate of drug-likeness (QED) is 0.429. The van der Waals surface area contributed by atoms with E-state index in [1.807, 2.05) is 13.1 Å². The number of carbonyl (C=O) groups is 5. The van der Waals surface area contributed by atoms with E-state index in [1.54, 1.807) is 26.4 Å². The molecule has 6 atom stereocenters. The van der Waals surface area contributed by atoms with Crippen LogP contribution in [0.3, 0.4) is 0 Å². The number of phenolic OH excluding ortho intramolecular Hbond substituents is 1. The van der Waals surface area contributed by atoms with E-state index in [4.69, 9.17) is 10.2 Å². The molecule has 3 aliphatic carbocycles. The topological polar surface area (TPSA) is 171 Å². The molecule has 1 amide bonds. The van der Waals surface area contributed by atoms with Crippen LogP contribution in [0.5, 0.6) is 5.75 Å². The number of phenols is 1. The van der Waals surface area contributed by atoms with E-state index in [9.17, 15) is 34.2 Å². The summed E-state index contributed by atoms with van der Waals surface area (Å²) in [6.07, 6.45) is 1.71. The fourth-order valence-electron chi connectivity index (χ4n) is 6.97. The molecule has 0 aliphatic heterocycles. The molecule has 41 heavy (non-hydrogen) atoms. The number of likely N-dealkylation sites (N-methyl/N-ethyl adjacent to an activating group) is 1. The highest BCUT2D eigenvalue weighted by Crippen LogP contribution is 2.52. The second-order valence-electron chi connectivity index (χ2n) is 12.1. The van der Waals surface area contributed by atoms with Crippen LogP contribution in [0.15, 0.2) is 28.9 Å². The number of furan rings is 1. The minimum absolute atomic E-state index is 0.0138. The maximum Gasteiger partial charge on any atom is 0.235 e. The minimum atomic E-state index is -2.75. The van der Waals surface area contributed by atoms with E-state index in [-0.39, 0.29) is 30.2 Å². The molecule has 1 aromatic carbocycles. The summed E-state index contributed by atoms with van der Waals surface area (Å²) in [5, 5.41) is 22.5. The number of hydrogen-bond acceptors (Lipinski definition) is 10. The Kier molecular flexibility index (Phi) is 7.04. The Bertz CT molecular complexity index is 1480. The molecule has 4 N–H and O–H groups in total. The van der Waals surface area contributed by atoms with Crippen molar-refractivity contribution in [1.82, 2.24) is 9.80 Å². The number of Topliss-reactive ketones (excluding diaryl/α,β-unsaturated/α-hetero) is 4. The first kappa shape index (κ1) is 28.8. The Hall–Kier alpha value is -3.67. The summed E-state index contributed by atoms with van der Waals surface area (Å²) in [4.78, 5) is 70.3. The number of carbonyl (C=O) groups excluding carboxylic acids is 5. The van der Waals surface area contributed by atoms with Crippen LogP contribution in [0.4, 0.5) is 0 Å². The molecule has 0 saturated heterocycles. The SMILES string of the molecule is CC(C)N(C)Cc1ccoc1-c1ccc(O)c2c1C[C@H]1C[C@H]3[C@H](N(C)C)C(=O)C(C(N)=O)C(=O)[C@@]3(O)C(=O)C1C2=O. The lowest BCUT2D eigenvalue weighted by Crippen LogP contribution is -2.74. The molecule has 2 fully saturated rings. The van der Waals surface area contributed by atoms with Crippen molar-refractivity contribution < 1.29 is 38.6 Å². The smallest absolute Gasteiger partial charge is 0.235 e. The highest BCUT2D eigenvalue weighted by molar-refractivity contribution is 6.32. The van der Waals surface area contributed by atoms with Crippen molar-refractivity contribution in [3.63, 3.8) is 0 Å². The number of aliphatic hydroxyl groups is 1. The monoisotopic (exact) mass is 565 g/mol. The summed E-state index contributed by atoms with van der Waals surface area (Å²) in [5.74, 6) is -10.2. The lowest BCUT2D eigenvalue weighted by atomic mass is 9.52. The summed E-state index contributed by atoms with van der Waals surface area (Å²) in [5.41, 5.74) is 4.54. The van der Waals surface area contributed by atoms with Gasteiger partial charge in [0.15, 0.2) is 34.7 Å². The number of nitrogens with two attached hydrogens (primary N) is 1. The van der Waals surface area contributed by atoms with E-state index in [0.29, 0.717) is 23.4 Å². The van der Waals surface area contributed by atoms with Crippen LogP contribution in [0.25, 0.3) is 11.3 Å². The number of primary amides is 1. The van der Waals surface area contributed by atoms with Gasteiger partial charge in [-0.1, -0.05) is 0 Å². The molecule has 218 valence electrons. The average Bonchev–Trinajstić information content (AvgIpc) is 3.33. The molecular weight excluding hydrogens is 530 g/mol. The Morgan fingerprint density at radius 2 is 1.80 bits per heavy atom. The van der Waals surface area contributed by atoms with Gasteiger partial charge in [-0.3, -0.25) is 33.8 Å². The Morgan fingerprint density at radius 3 is 2.41 bits per heavy atom. The van der Waals surface area contributed by atoms with Crippen molar-refractivity contribution in [2.24, 2.45) is 29.4 Å². The van der Waals surface area contributed by atoms with Gasteiger partial charge in [0.2, 0.25) is 5.91 Å². The van der Waals surface area contributed by atoms with Crippen molar-refractivity contribution in [1.29, 1.82) is 0 Å². The van der Waals surface area contributed by atoms with E-state index in [1.165, 1.54) is 11.0 Å². The standard InChI is InChI=1S/C30H35N3O8/c1-13(2)33(5)12-14-8-9-41-26(14)16-6-7-19(34)21-17(16)10-15-11-18-23(32(3)4)25(36)22(29(31)39)28(38)30(18,40)27(37)20(15)24(21)35/h6-9,13,15,18,20,22-23,34,40H,10-12H2,1-5H3,(H2,31,39)/t15-,18-,20?,22?,23-,30-/m0/s1. The van der Waals surface area contributed by atoms with E-state index in [2.05, 4.69) is 18.7 Å². The van der Waals surface area contributed by atoms with Gasteiger partial charge in [-0.15, -0.1) is 0 Å². The van der Waals surface area contributed by atoms with Crippen molar-refractivity contribution in [3.05, 3.63) is 41.2 Å². The summed E-state index contributed by atoms with van der Waals surface area (Å²) in [6.45, 7) is 4.70. The Labute approximate surface area is 237 Å². The van der Waals surface area contributed by atoms with Crippen LogP contribution >= 0.6 is 0 Å². The highest BCUT2D eigenvalue weighted by atomic mass is 16.3. The molecule has 2 aromatic rings. The van der Waals surface area contributed by atoms with E-state index in [0.717, 1.165) is 5.56 Å². The maximum absolute atomic E-state index is 14.0. The fraction of sp³-hybridized carbons (Fsp3) is 0.500. The number of ketones is 4. The van der Waals surface area contributed by atoms with Gasteiger partial charge >= 0.3 is 0 Å². The third kappa shape index (κ3) is 4.17. The largest absolute Gasteiger partial charge is 0.507 e. The molecule has 1 aromatic heterocycles. The van der Waals surface area contributed by atoms with Gasteiger partial charge < -0.3 is 20.4 Å². The predicted molar refractivity (Wildman–Crippen MR) is 146 cm³/mol. The molecule has 5 rings (SSSR count). The van der Waals surface area contributed by atoms with Gasteiger partial charge in [0, 0.05) is 29.6 Å². The number of rotatable bonds is 6. The summed E-state index contributed by atoms with van der Waals surface area (Å²) >= 11 is 0. The second-order valence-corrected chi connectivity index (χ2v) is 12.1. The fourth-order valence-corrected chi connectivity index (χ4v) is 6.97. The number of benzene rings is 1. The first-order valence-corrected chi connectivity index (χ1v) is 13.7. The van der Waals surface area contributed by atoms with Gasteiger partial charge in [0.1, 0.15) is 11.5 Å². The van der Waals surface area contributed by atoms with E-state index < -0.39 is 64.4 Å². The van der Waals surface area contributed by atoms with Gasteiger partial charge in [-0.2, -0.15) is 0 Å². The molecule has 0 radical (unpaired) electrons. The molecule has 3 aliphatic rings. The zero-order valence-electron chi connectivity index (χ0n) is 23.7. The lowest BCUT2D eigenvalue weighted by molar-refractivity contribution is -0.181. The Balaban J connectivity index is 1.62. The summed E-state index contributed by atoms with van der Waals surface area (Å²) in [6, 6.07) is 4.00. The molecule has 0 spiro atoms. The molecule has 2 saturated carbocycles. The van der Waals surface area contributed by atoms with Crippen molar-refractivity contribution in [3.8, 4) is 17.1 Å². The summed E-state index contributed by atoms with van der Waals surface area (Å²) in [7, 11) is 5.09. The van der Waals surface area contributed by atoms with Crippen LogP contribution < -0.4 is 5.73 Å². The molecule has 0 bridgehead atoms. The zero-order chi connectivity index (χ0) is 30.1. The first-order valence-electron chi connectivity index (χ1n) is 13.7. The highest BCUT2D eigenvalue weighted by Gasteiger charge is 2.69. The van der Waals surface area contributed by atoms with Crippen LogP contribution in [-0.4, -0.2) is 87.9 Å². The van der Waals surface area contributed by atoms with Gasteiger partial charge in [-0.05, 0) is 77.5 Å². The number of nitrogens with zero attached hydrogens (tertiary/aromatic N) is 2. The van der Waals surface area contributed by atoms with E-state index >= 15 is 0 Å². The normalized spacial score (nSPS) is 29.6. The number of fused-ring (bicyclic) bond motifs is 3.